The van der Waals surface area contributed by atoms with Crippen LogP contribution in [0, 0.1) is 0 Å². The van der Waals surface area contributed by atoms with Gasteiger partial charge in [0.25, 0.3) is 0 Å². The molecule has 0 aliphatic heterocycles. The predicted molar refractivity (Wildman–Crippen MR) is 73.6 cm³/mol. The van der Waals surface area contributed by atoms with E-state index in [1.54, 1.807) is 30.3 Å². The van der Waals surface area contributed by atoms with Gasteiger partial charge in [-0.3, -0.25) is 0 Å². The summed E-state index contributed by atoms with van der Waals surface area (Å²) in [6, 6.07) is 9.96. The first kappa shape index (κ1) is 12.9. The summed E-state index contributed by atoms with van der Waals surface area (Å²) < 4.78 is 0. The Morgan fingerprint density at radius 1 is 0.944 bits per heavy atom. The first-order chi connectivity index (χ1) is 8.59. The van der Waals surface area contributed by atoms with Crippen molar-refractivity contribution >= 4 is 28.9 Å². The monoisotopic (exact) mass is 283 g/mol. The van der Waals surface area contributed by atoms with Gasteiger partial charge in [0.05, 0.1) is 15.7 Å². The summed E-state index contributed by atoms with van der Waals surface area (Å²) in [5.74, 6) is -0.298. The van der Waals surface area contributed by atoms with Crippen LogP contribution in [0.15, 0.2) is 36.4 Å². The number of nitrogens with one attached hydrogen (secondary N) is 1. The minimum absolute atomic E-state index is 0.145. The van der Waals surface area contributed by atoms with E-state index in [-0.39, 0.29) is 11.5 Å². The second kappa shape index (κ2) is 5.38. The quantitative estimate of drug-likeness (QED) is 0.746. The van der Waals surface area contributed by atoms with Gasteiger partial charge < -0.3 is 15.5 Å². The van der Waals surface area contributed by atoms with Crippen molar-refractivity contribution in [2.24, 2.45) is 0 Å². The maximum absolute atomic E-state index is 9.66. The van der Waals surface area contributed by atoms with E-state index < -0.39 is 0 Å². The number of halogens is 2. The van der Waals surface area contributed by atoms with Gasteiger partial charge in [-0.1, -0.05) is 41.4 Å². The Morgan fingerprint density at radius 2 is 1.56 bits per heavy atom. The number of anilines is 1. The molecule has 94 valence electrons. The Kier molecular flexibility index (Phi) is 3.84. The third-order valence-electron chi connectivity index (χ3n) is 2.52. The van der Waals surface area contributed by atoms with Gasteiger partial charge >= 0.3 is 0 Å². The molecule has 0 heterocycles. The van der Waals surface area contributed by atoms with E-state index in [4.69, 9.17) is 23.2 Å². The van der Waals surface area contributed by atoms with Crippen molar-refractivity contribution in [2.45, 2.75) is 6.54 Å². The molecule has 3 nitrogen and oxygen atoms in total. The van der Waals surface area contributed by atoms with Gasteiger partial charge in [-0.05, 0) is 18.2 Å². The van der Waals surface area contributed by atoms with E-state index in [1.807, 2.05) is 0 Å². The number of phenols is 2. The second-order valence-corrected chi connectivity index (χ2v) is 4.55. The van der Waals surface area contributed by atoms with Gasteiger partial charge in [-0.2, -0.15) is 0 Å². The molecule has 3 N–H and O–H groups in total. The number of rotatable bonds is 3. The van der Waals surface area contributed by atoms with Crippen LogP contribution in [0.5, 0.6) is 11.5 Å². The van der Waals surface area contributed by atoms with Crippen LogP contribution < -0.4 is 5.32 Å². The predicted octanol–water partition coefficient (Wildman–Crippen LogP) is 4.02. The van der Waals surface area contributed by atoms with Crippen LogP contribution >= 0.6 is 23.2 Å². The molecule has 0 amide bonds. The van der Waals surface area contributed by atoms with Crippen LogP contribution in [0.1, 0.15) is 5.56 Å². The molecule has 0 saturated carbocycles. The molecule has 0 fully saturated rings. The molecule has 0 aliphatic rings. The number of para-hydroxylation sites is 2. The highest BCUT2D eigenvalue weighted by Crippen LogP contribution is 2.32. The largest absolute Gasteiger partial charge is 0.504 e. The molecule has 0 saturated heterocycles. The standard InChI is InChI=1S/C13H11Cl2NO2/c14-9-4-2-5-10(15)12(9)16-7-8-3-1-6-11(17)13(8)18/h1-6,16-18H,7H2. The fourth-order valence-corrected chi connectivity index (χ4v) is 2.10. The number of phenolic OH excluding ortho intramolecular Hbond substituents is 2. The summed E-state index contributed by atoms with van der Waals surface area (Å²) in [6.07, 6.45) is 0. The molecule has 0 spiro atoms. The molecule has 2 aromatic carbocycles. The zero-order chi connectivity index (χ0) is 13.1. The van der Waals surface area contributed by atoms with Crippen molar-refractivity contribution in [3.8, 4) is 11.5 Å². The highest BCUT2D eigenvalue weighted by atomic mass is 35.5. The first-order valence-electron chi connectivity index (χ1n) is 5.27. The van der Waals surface area contributed by atoms with Gasteiger partial charge in [0.1, 0.15) is 0 Å². The summed E-state index contributed by atoms with van der Waals surface area (Å²) in [4.78, 5) is 0. The van der Waals surface area contributed by atoms with E-state index in [0.29, 0.717) is 27.8 Å². The van der Waals surface area contributed by atoms with Crippen molar-refractivity contribution in [3.63, 3.8) is 0 Å². The minimum Gasteiger partial charge on any atom is -0.504 e. The van der Waals surface area contributed by atoms with Crippen molar-refractivity contribution in [1.29, 1.82) is 0 Å². The SMILES string of the molecule is Oc1cccc(CNc2c(Cl)cccc2Cl)c1O. The zero-order valence-electron chi connectivity index (χ0n) is 9.32. The summed E-state index contributed by atoms with van der Waals surface area (Å²) >= 11 is 12.0. The van der Waals surface area contributed by atoms with E-state index >= 15 is 0 Å². The molecule has 2 aromatic rings. The fourth-order valence-electron chi connectivity index (χ4n) is 1.57. The highest BCUT2D eigenvalue weighted by Gasteiger charge is 2.08. The van der Waals surface area contributed by atoms with Crippen molar-refractivity contribution in [1.82, 2.24) is 0 Å². The molecular formula is C13H11Cl2NO2. The molecule has 0 aromatic heterocycles. The molecule has 0 bridgehead atoms. The molecular weight excluding hydrogens is 273 g/mol. The number of hydrogen-bond donors (Lipinski definition) is 3. The molecule has 0 aliphatic carbocycles. The highest BCUT2D eigenvalue weighted by molar-refractivity contribution is 6.39. The Bertz CT molecular complexity index is 553. The van der Waals surface area contributed by atoms with Crippen LogP contribution in [0.3, 0.4) is 0 Å². The van der Waals surface area contributed by atoms with Crippen molar-refractivity contribution in [3.05, 3.63) is 52.0 Å². The summed E-state index contributed by atoms with van der Waals surface area (Å²) in [5.41, 5.74) is 1.16. The van der Waals surface area contributed by atoms with Crippen LogP contribution in [-0.2, 0) is 6.54 Å². The fraction of sp³-hybridized carbons (Fsp3) is 0.0769. The van der Waals surface area contributed by atoms with Gasteiger partial charge in [0.2, 0.25) is 0 Å². The average molecular weight is 284 g/mol. The lowest BCUT2D eigenvalue weighted by Gasteiger charge is -2.11. The maximum atomic E-state index is 9.66. The van der Waals surface area contributed by atoms with Crippen molar-refractivity contribution < 1.29 is 10.2 Å². The van der Waals surface area contributed by atoms with Gasteiger partial charge in [0, 0.05) is 12.1 Å². The average Bonchev–Trinajstić information content (AvgIpc) is 2.33. The van der Waals surface area contributed by atoms with Crippen molar-refractivity contribution in [2.75, 3.05) is 5.32 Å². The van der Waals surface area contributed by atoms with E-state index in [2.05, 4.69) is 5.32 Å². The molecule has 2 rings (SSSR count). The minimum atomic E-state index is -0.153. The number of aromatic hydroxyl groups is 2. The Balaban J connectivity index is 2.19. The third kappa shape index (κ3) is 2.63. The van der Waals surface area contributed by atoms with Gasteiger partial charge in [0.15, 0.2) is 11.5 Å². The lowest BCUT2D eigenvalue weighted by atomic mass is 10.2. The molecule has 0 radical (unpaired) electrons. The molecule has 5 heteroatoms. The van der Waals surface area contributed by atoms with Crippen LogP contribution in [-0.4, -0.2) is 10.2 Å². The Hall–Kier alpha value is -1.58. The van der Waals surface area contributed by atoms with Crippen LogP contribution in [0.4, 0.5) is 5.69 Å². The van der Waals surface area contributed by atoms with Crippen LogP contribution in [0.25, 0.3) is 0 Å². The van der Waals surface area contributed by atoms with E-state index in [1.165, 1.54) is 6.07 Å². The topological polar surface area (TPSA) is 52.5 Å². The molecule has 0 atom stereocenters. The molecule has 18 heavy (non-hydrogen) atoms. The first-order valence-corrected chi connectivity index (χ1v) is 6.03. The number of hydrogen-bond acceptors (Lipinski definition) is 3. The number of benzene rings is 2. The Morgan fingerprint density at radius 3 is 2.22 bits per heavy atom. The second-order valence-electron chi connectivity index (χ2n) is 3.74. The molecule has 0 unspecified atom stereocenters. The zero-order valence-corrected chi connectivity index (χ0v) is 10.8. The van der Waals surface area contributed by atoms with E-state index in [9.17, 15) is 10.2 Å². The van der Waals surface area contributed by atoms with E-state index in [0.717, 1.165) is 0 Å². The summed E-state index contributed by atoms with van der Waals surface area (Å²) in [5, 5.41) is 23.1. The smallest absolute Gasteiger partial charge is 0.162 e. The summed E-state index contributed by atoms with van der Waals surface area (Å²) in [6.45, 7) is 0.309. The van der Waals surface area contributed by atoms with Crippen LogP contribution in [0.2, 0.25) is 10.0 Å². The van der Waals surface area contributed by atoms with Gasteiger partial charge in [-0.25, -0.2) is 0 Å². The lowest BCUT2D eigenvalue weighted by molar-refractivity contribution is 0.400. The maximum Gasteiger partial charge on any atom is 0.162 e. The normalized spacial score (nSPS) is 10.3. The van der Waals surface area contributed by atoms with Gasteiger partial charge in [-0.15, -0.1) is 0 Å². The third-order valence-corrected chi connectivity index (χ3v) is 3.15. The Labute approximate surface area is 115 Å². The lowest BCUT2D eigenvalue weighted by Crippen LogP contribution is -2.00. The summed E-state index contributed by atoms with van der Waals surface area (Å²) in [7, 11) is 0.